The van der Waals surface area contributed by atoms with Crippen LogP contribution in [0.15, 0.2) is 66.7 Å². The number of carbonyl (C=O) groups is 1. The minimum Gasteiger partial charge on any atom is -0.508 e. The predicted molar refractivity (Wildman–Crippen MR) is 101 cm³/mol. The van der Waals surface area contributed by atoms with E-state index in [1.807, 2.05) is 30.3 Å². The average Bonchev–Trinajstić information content (AvgIpc) is 2.67. The lowest BCUT2D eigenvalue weighted by Gasteiger charge is -2.19. The van der Waals surface area contributed by atoms with Crippen LogP contribution in [0.3, 0.4) is 0 Å². The van der Waals surface area contributed by atoms with E-state index in [9.17, 15) is 18.7 Å². The molecule has 0 radical (unpaired) electrons. The Kier molecular flexibility index (Phi) is 5.72. The van der Waals surface area contributed by atoms with Crippen LogP contribution in [0.2, 0.25) is 0 Å². The number of benzene rings is 3. The Morgan fingerprint density at radius 1 is 0.963 bits per heavy atom. The van der Waals surface area contributed by atoms with Crippen LogP contribution in [0.4, 0.5) is 8.78 Å². The summed E-state index contributed by atoms with van der Waals surface area (Å²) in [5.41, 5.74) is 1.39. The van der Waals surface area contributed by atoms with Gasteiger partial charge in [-0.25, -0.2) is 8.78 Å². The minimum absolute atomic E-state index is 0.0744. The molecule has 2 N–H and O–H groups in total. The molecule has 0 aromatic heterocycles. The molecule has 6 heteroatoms. The van der Waals surface area contributed by atoms with Crippen molar-refractivity contribution in [1.82, 2.24) is 5.32 Å². The van der Waals surface area contributed by atoms with Crippen molar-refractivity contribution < 1.29 is 18.7 Å². The van der Waals surface area contributed by atoms with Crippen LogP contribution in [-0.2, 0) is 0 Å². The highest BCUT2D eigenvalue weighted by molar-refractivity contribution is 6.18. The molecule has 0 saturated carbocycles. The first-order valence-corrected chi connectivity index (χ1v) is 8.74. The first kappa shape index (κ1) is 18.9. The van der Waals surface area contributed by atoms with E-state index < -0.39 is 29.1 Å². The summed E-state index contributed by atoms with van der Waals surface area (Å²) in [6.07, 6.45) is 0. The Labute approximate surface area is 160 Å². The van der Waals surface area contributed by atoms with Gasteiger partial charge in [-0.3, -0.25) is 4.79 Å². The van der Waals surface area contributed by atoms with E-state index in [0.717, 1.165) is 23.3 Å². The molecule has 138 valence electrons. The van der Waals surface area contributed by atoms with Crippen molar-refractivity contribution >= 4 is 17.5 Å². The SMILES string of the molecule is O=C(NC(CCl)c1cc(-c2ccccc2)ccc1O)c1c(F)cccc1F. The quantitative estimate of drug-likeness (QED) is 0.602. The molecule has 0 saturated heterocycles. The number of halogens is 3. The van der Waals surface area contributed by atoms with Crippen molar-refractivity contribution in [1.29, 1.82) is 0 Å². The number of nitrogens with one attached hydrogen (secondary N) is 1. The maximum absolute atomic E-state index is 13.8. The minimum atomic E-state index is -0.969. The lowest BCUT2D eigenvalue weighted by molar-refractivity contribution is 0.0931. The van der Waals surface area contributed by atoms with E-state index in [1.54, 1.807) is 12.1 Å². The highest BCUT2D eigenvalue weighted by Gasteiger charge is 2.23. The van der Waals surface area contributed by atoms with Gasteiger partial charge in [0, 0.05) is 11.4 Å². The van der Waals surface area contributed by atoms with Crippen LogP contribution in [0, 0.1) is 11.6 Å². The molecule has 1 amide bonds. The van der Waals surface area contributed by atoms with Crippen molar-refractivity contribution in [2.24, 2.45) is 0 Å². The van der Waals surface area contributed by atoms with Crippen LogP contribution in [0.25, 0.3) is 11.1 Å². The van der Waals surface area contributed by atoms with Gasteiger partial charge >= 0.3 is 0 Å². The summed E-state index contributed by atoms with van der Waals surface area (Å²) < 4.78 is 27.7. The summed E-state index contributed by atoms with van der Waals surface area (Å²) in [6.45, 7) is 0. The first-order valence-electron chi connectivity index (χ1n) is 8.20. The molecule has 3 nitrogen and oxygen atoms in total. The molecule has 0 aliphatic carbocycles. The highest BCUT2D eigenvalue weighted by atomic mass is 35.5. The van der Waals surface area contributed by atoms with Crippen LogP contribution in [0.1, 0.15) is 22.0 Å². The first-order chi connectivity index (χ1) is 13.0. The number of hydrogen-bond acceptors (Lipinski definition) is 2. The second-order valence-electron chi connectivity index (χ2n) is 5.92. The van der Waals surface area contributed by atoms with E-state index in [0.29, 0.717) is 5.56 Å². The molecule has 0 spiro atoms. The van der Waals surface area contributed by atoms with Gasteiger partial charge in [0.25, 0.3) is 5.91 Å². The number of hydrogen-bond donors (Lipinski definition) is 2. The molecule has 0 aliphatic heterocycles. The van der Waals surface area contributed by atoms with E-state index in [4.69, 9.17) is 11.6 Å². The van der Waals surface area contributed by atoms with Gasteiger partial charge in [-0.1, -0.05) is 42.5 Å². The number of alkyl halides is 1. The molecular weight excluding hydrogens is 372 g/mol. The smallest absolute Gasteiger partial charge is 0.257 e. The van der Waals surface area contributed by atoms with Crippen LogP contribution >= 0.6 is 11.6 Å². The van der Waals surface area contributed by atoms with E-state index >= 15 is 0 Å². The van der Waals surface area contributed by atoms with Crippen molar-refractivity contribution in [3.05, 3.63) is 89.5 Å². The van der Waals surface area contributed by atoms with Gasteiger partial charge < -0.3 is 10.4 Å². The number of rotatable bonds is 5. The lowest BCUT2D eigenvalue weighted by Crippen LogP contribution is -2.31. The molecule has 3 aromatic rings. The van der Waals surface area contributed by atoms with Crippen molar-refractivity contribution in [3.63, 3.8) is 0 Å². The van der Waals surface area contributed by atoms with Gasteiger partial charge in [0.1, 0.15) is 22.9 Å². The molecule has 3 rings (SSSR count). The zero-order chi connectivity index (χ0) is 19.4. The van der Waals surface area contributed by atoms with Gasteiger partial charge in [0.15, 0.2) is 0 Å². The number of carbonyl (C=O) groups excluding carboxylic acids is 1. The van der Waals surface area contributed by atoms with Gasteiger partial charge in [-0.15, -0.1) is 11.6 Å². The van der Waals surface area contributed by atoms with E-state index in [1.165, 1.54) is 12.1 Å². The highest BCUT2D eigenvalue weighted by Crippen LogP contribution is 2.31. The summed E-state index contributed by atoms with van der Waals surface area (Å²) in [6, 6.07) is 16.7. The maximum Gasteiger partial charge on any atom is 0.257 e. The number of aromatic hydroxyl groups is 1. The van der Waals surface area contributed by atoms with Gasteiger partial charge in [-0.2, -0.15) is 0 Å². The molecule has 0 aliphatic rings. The monoisotopic (exact) mass is 387 g/mol. The van der Waals surface area contributed by atoms with Gasteiger partial charge in [-0.05, 0) is 35.4 Å². The molecule has 1 atom stereocenters. The Hall–Kier alpha value is -2.92. The van der Waals surface area contributed by atoms with Crippen LogP contribution in [0.5, 0.6) is 5.75 Å². The normalized spacial score (nSPS) is 11.8. The van der Waals surface area contributed by atoms with Crippen molar-refractivity contribution in [2.75, 3.05) is 5.88 Å². The predicted octanol–water partition coefficient (Wildman–Crippen LogP) is 5.05. The Balaban J connectivity index is 1.93. The van der Waals surface area contributed by atoms with Crippen molar-refractivity contribution in [2.45, 2.75) is 6.04 Å². The fraction of sp³-hybridized carbons (Fsp3) is 0.0952. The molecule has 0 bridgehead atoms. The summed E-state index contributed by atoms with van der Waals surface area (Å²) in [7, 11) is 0. The summed E-state index contributed by atoms with van der Waals surface area (Å²) in [5, 5.41) is 12.7. The number of phenolic OH excluding ortho intramolecular Hbond substituents is 1. The third-order valence-corrected chi connectivity index (χ3v) is 4.47. The second-order valence-corrected chi connectivity index (χ2v) is 6.23. The third kappa shape index (κ3) is 4.09. The summed E-state index contributed by atoms with van der Waals surface area (Å²) in [5.74, 6) is -3.05. The fourth-order valence-corrected chi connectivity index (χ4v) is 3.03. The Bertz CT molecular complexity index is 943. The molecule has 1 unspecified atom stereocenters. The van der Waals surface area contributed by atoms with Gasteiger partial charge in [0.05, 0.1) is 6.04 Å². The summed E-state index contributed by atoms with van der Waals surface area (Å²) in [4.78, 5) is 12.4. The summed E-state index contributed by atoms with van der Waals surface area (Å²) >= 11 is 5.97. The second kappa shape index (κ2) is 8.18. The number of phenols is 1. The molecular formula is C21H16ClF2NO2. The average molecular weight is 388 g/mol. The zero-order valence-electron chi connectivity index (χ0n) is 14.1. The zero-order valence-corrected chi connectivity index (χ0v) is 14.9. The van der Waals surface area contributed by atoms with Gasteiger partial charge in [0.2, 0.25) is 0 Å². The third-order valence-electron chi connectivity index (χ3n) is 4.16. The molecule has 0 heterocycles. The van der Waals surface area contributed by atoms with Crippen LogP contribution < -0.4 is 5.32 Å². The maximum atomic E-state index is 13.8. The Morgan fingerprint density at radius 2 is 1.63 bits per heavy atom. The molecule has 27 heavy (non-hydrogen) atoms. The standard InChI is InChI=1S/C21H16ClF2NO2/c22-12-18(25-21(27)20-16(23)7-4-8-17(20)24)15-11-14(9-10-19(15)26)13-5-2-1-3-6-13/h1-11,18,26H,12H2,(H,25,27). The largest absolute Gasteiger partial charge is 0.508 e. The van der Waals surface area contributed by atoms with Crippen molar-refractivity contribution in [3.8, 4) is 16.9 Å². The lowest BCUT2D eigenvalue weighted by atomic mass is 9.99. The van der Waals surface area contributed by atoms with Crippen LogP contribution in [-0.4, -0.2) is 16.9 Å². The number of amides is 1. The molecule has 3 aromatic carbocycles. The topological polar surface area (TPSA) is 49.3 Å². The van der Waals surface area contributed by atoms with E-state index in [-0.39, 0.29) is 11.6 Å². The fourth-order valence-electron chi connectivity index (χ4n) is 2.79. The van der Waals surface area contributed by atoms with E-state index in [2.05, 4.69) is 5.32 Å². The Morgan fingerprint density at radius 3 is 2.26 bits per heavy atom. The molecule has 0 fully saturated rings.